The number of aryl methyl sites for hydroxylation is 2. The van der Waals surface area contributed by atoms with Gasteiger partial charge in [0, 0.05) is 50.7 Å². The summed E-state index contributed by atoms with van der Waals surface area (Å²) in [7, 11) is 13.1. The molecule has 10 nitrogen and oxygen atoms in total. The Kier molecular flexibility index (Phi) is 90.7. The van der Waals surface area contributed by atoms with Gasteiger partial charge in [-0.05, 0) is 133 Å². The molecule has 0 saturated carbocycles. The smallest absolute Gasteiger partial charge is 0.159 e. The second kappa shape index (κ2) is 96.9. The van der Waals surface area contributed by atoms with Gasteiger partial charge in [0.2, 0.25) is 0 Å². The van der Waals surface area contributed by atoms with Crippen LogP contribution in [-0.4, -0.2) is 80.0 Å². The van der Waals surface area contributed by atoms with Crippen molar-refractivity contribution in [3.63, 3.8) is 0 Å². The molecule has 0 amide bonds. The average Bonchev–Trinajstić information content (AvgIpc) is 0.879. The molecule has 0 unspecified atom stereocenters. The van der Waals surface area contributed by atoms with Crippen molar-refractivity contribution in [3.05, 3.63) is 531 Å². The van der Waals surface area contributed by atoms with Crippen LogP contribution >= 0.6 is 0 Å². The monoisotopic (exact) mass is 1880 g/mol. The molecular weight excluding hydrogens is 1720 g/mol. The largest absolute Gasteiger partial charge is 0.497 e. The summed E-state index contributed by atoms with van der Waals surface area (Å²) >= 11 is 0. The van der Waals surface area contributed by atoms with E-state index in [0.29, 0.717) is 0 Å². The quantitative estimate of drug-likeness (QED) is 0.136. The molecule has 740 valence electrons. The molecule has 0 N–H and O–H groups in total. The molecule has 0 spiro atoms. The van der Waals surface area contributed by atoms with Gasteiger partial charge in [-0.3, -0.25) is 19.2 Å². The van der Waals surface area contributed by atoms with Crippen molar-refractivity contribution in [2.45, 2.75) is 125 Å². The molecule has 0 heterocycles. The maximum atomic E-state index is 10.6. The molecule has 18 aromatic rings. The Hall–Kier alpha value is -15.2. The van der Waals surface area contributed by atoms with E-state index in [1.807, 2.05) is 362 Å². The summed E-state index contributed by atoms with van der Waals surface area (Å²) in [6.45, 7) is 34.4. The number of hydrogen-bond donors (Lipinski definition) is 0. The number of para-hydroxylation sites is 4. The molecule has 140 heavy (non-hydrogen) atoms. The van der Waals surface area contributed by atoms with Crippen LogP contribution in [0.5, 0.6) is 23.0 Å². The summed E-state index contributed by atoms with van der Waals surface area (Å²) in [6.07, 6.45) is 0. The van der Waals surface area contributed by atoms with Gasteiger partial charge in [0.15, 0.2) is 23.1 Å². The third kappa shape index (κ3) is 70.5. The lowest BCUT2D eigenvalue weighted by Crippen LogP contribution is -1.88. The summed E-state index contributed by atoms with van der Waals surface area (Å²) in [6, 6.07) is 163. The Labute approximate surface area is 843 Å². The number of benzene rings is 18. The Morgan fingerprint density at radius 1 is 0.143 bits per heavy atom. The predicted octanol–water partition coefficient (Wildman–Crippen LogP) is 36.4. The number of Topliss-reactive ketones (excluding diaryl/α,β-unsaturated/α-hetero) is 4. The van der Waals surface area contributed by atoms with Crippen LogP contribution in [0.15, 0.2) is 497 Å². The number of ether oxygens (including phenoxy) is 6. The van der Waals surface area contributed by atoms with Gasteiger partial charge < -0.3 is 28.4 Å². The molecular formula is C130H160O10. The van der Waals surface area contributed by atoms with Crippen molar-refractivity contribution in [2.75, 3.05) is 56.9 Å². The molecule has 0 radical (unpaired) electrons. The number of methoxy groups -OCH3 is 6. The first kappa shape index (κ1) is 131. The number of carbonyl (C=O) groups excluding carboxylic acids is 4. The van der Waals surface area contributed by atoms with Crippen LogP contribution in [0.25, 0.3) is 43.1 Å². The minimum atomic E-state index is 0.121. The molecule has 18 aromatic carbocycles. The molecule has 0 atom stereocenters. The van der Waals surface area contributed by atoms with Gasteiger partial charge in [0.05, 0.1) is 28.4 Å². The lowest BCUT2D eigenvalue weighted by molar-refractivity contribution is 0.100. The van der Waals surface area contributed by atoms with E-state index in [2.05, 4.69) is 242 Å². The average molecular weight is 1880 g/mol. The van der Waals surface area contributed by atoms with Crippen LogP contribution in [0.1, 0.15) is 163 Å². The van der Waals surface area contributed by atoms with Crippen LogP contribution in [0, 0.1) is 13.8 Å². The summed E-state index contributed by atoms with van der Waals surface area (Å²) in [5.41, 5.74) is 5.75. The third-order valence-corrected chi connectivity index (χ3v) is 17.2. The first-order valence-corrected chi connectivity index (χ1v) is 47.6. The van der Waals surface area contributed by atoms with Crippen LogP contribution in [0.2, 0.25) is 0 Å². The van der Waals surface area contributed by atoms with E-state index < -0.39 is 0 Å². The van der Waals surface area contributed by atoms with E-state index >= 15 is 0 Å². The summed E-state index contributed by atoms with van der Waals surface area (Å²) in [5, 5.41) is 10.5. The highest BCUT2D eigenvalue weighted by Gasteiger charge is 1.97. The van der Waals surface area contributed by atoms with E-state index in [9.17, 15) is 19.2 Å². The van der Waals surface area contributed by atoms with E-state index in [4.69, 9.17) is 18.9 Å². The van der Waals surface area contributed by atoms with Gasteiger partial charge in [0.1, 0.15) is 23.0 Å². The van der Waals surface area contributed by atoms with Crippen molar-refractivity contribution in [2.24, 2.45) is 0 Å². The highest BCUT2D eigenvalue weighted by atomic mass is 16.5. The number of fused-ring (bicyclic) bond motifs is 4. The second-order valence-corrected chi connectivity index (χ2v) is 27.3. The molecule has 0 bridgehead atoms. The number of rotatable bonds is 8. The van der Waals surface area contributed by atoms with Crippen LogP contribution < -0.4 is 18.9 Å². The highest BCUT2D eigenvalue weighted by molar-refractivity contribution is 5.95. The van der Waals surface area contributed by atoms with E-state index in [-0.39, 0.29) is 23.1 Å². The van der Waals surface area contributed by atoms with Crippen LogP contribution in [-0.2, 0) is 9.47 Å². The van der Waals surface area contributed by atoms with E-state index in [1.165, 1.54) is 54.2 Å². The van der Waals surface area contributed by atoms with Gasteiger partial charge in [-0.25, -0.2) is 0 Å². The SMILES string of the molecule is CC.CC.CC.CC.CC.CC.CC(=O)c1ccccc1.CC(=O)c1ccccc1.CC(=O)c1ccccc1.CC(=O)c1ccccc1.COC.COC.COc1ccccc1.COc1ccccc1.COc1ccccc1.COc1ccccc1.Cc1ccccc1.Cc1ccccc1.c1ccc2ccccc2c1.c1ccc2ccccc2c1.c1ccc2ccccc2c1.c1ccc2ccccc2c1. The maximum Gasteiger partial charge on any atom is 0.159 e. The molecule has 0 fully saturated rings. The fraction of sp³-hybridized carbons (Fsp3) is 0.200. The standard InChI is InChI=1S/4C10H8.4C8H8O.4C7H8O.2C7H8.2C2H6O.6C2H6/c4*1-2-6-10-8-4-3-7-9(10)5-1;4*1-7(9)8-5-3-2-4-6-8;4*1-8-7-5-3-2-4-6-7;2*1-7-5-3-2-4-6-7;2*1-3-2;6*1-2/h4*1-8H;4*2-6H,1H3;4*2-6H,1H3;2*2-6H,1H3;2*1-2H3;6*1-2H3. The van der Waals surface area contributed by atoms with Crippen LogP contribution in [0.4, 0.5) is 0 Å². The zero-order valence-corrected chi connectivity index (χ0v) is 88.4. The minimum Gasteiger partial charge on any atom is -0.497 e. The van der Waals surface area contributed by atoms with Crippen molar-refractivity contribution in [1.82, 2.24) is 0 Å². The second-order valence-electron chi connectivity index (χ2n) is 27.3. The Balaban J connectivity index is -0.000000703. The Morgan fingerprint density at radius 3 is 0.293 bits per heavy atom. The Bertz CT molecular complexity index is 4800. The Morgan fingerprint density at radius 2 is 0.229 bits per heavy atom. The topological polar surface area (TPSA) is 124 Å². The molecule has 0 aliphatic carbocycles. The van der Waals surface area contributed by atoms with Gasteiger partial charge in [0.25, 0.3) is 0 Å². The van der Waals surface area contributed by atoms with E-state index in [1.54, 1.807) is 84.6 Å². The third-order valence-electron chi connectivity index (χ3n) is 17.2. The maximum absolute atomic E-state index is 10.6. The molecule has 0 saturated heterocycles. The summed E-state index contributed by atoms with van der Waals surface area (Å²) in [4.78, 5) is 42.6. The first-order chi connectivity index (χ1) is 68.4. The van der Waals surface area contributed by atoms with Crippen LogP contribution in [0.3, 0.4) is 0 Å². The molecule has 0 aliphatic rings. The van der Waals surface area contributed by atoms with Crippen molar-refractivity contribution in [1.29, 1.82) is 0 Å². The zero-order valence-electron chi connectivity index (χ0n) is 88.4. The summed E-state index contributed by atoms with van der Waals surface area (Å²) in [5.74, 6) is 4.12. The lowest BCUT2D eigenvalue weighted by Gasteiger charge is -1.93. The fourth-order valence-corrected chi connectivity index (χ4v) is 10.5. The van der Waals surface area contributed by atoms with E-state index in [0.717, 1.165) is 45.3 Å². The van der Waals surface area contributed by atoms with Crippen molar-refractivity contribution >= 4 is 66.2 Å². The van der Waals surface area contributed by atoms with Crippen molar-refractivity contribution < 1.29 is 47.6 Å². The molecule has 18 rings (SSSR count). The first-order valence-electron chi connectivity index (χ1n) is 47.6. The summed E-state index contributed by atoms with van der Waals surface area (Å²) < 4.78 is 28.2. The molecule has 0 aliphatic heterocycles. The zero-order chi connectivity index (χ0) is 105. The fourth-order valence-electron chi connectivity index (χ4n) is 10.5. The lowest BCUT2D eigenvalue weighted by atomic mass is 10.1. The van der Waals surface area contributed by atoms with Gasteiger partial charge >= 0.3 is 0 Å². The number of ketones is 4. The highest BCUT2D eigenvalue weighted by Crippen LogP contribution is 2.16. The van der Waals surface area contributed by atoms with Gasteiger partial charge in [-0.1, -0.05) is 543 Å². The van der Waals surface area contributed by atoms with Gasteiger partial charge in [-0.2, -0.15) is 0 Å². The minimum absolute atomic E-state index is 0.121. The predicted molar refractivity (Wildman–Crippen MR) is 610 cm³/mol. The normalized spacial score (nSPS) is 8.53. The molecule has 0 aromatic heterocycles. The molecule has 10 heteroatoms. The van der Waals surface area contributed by atoms with Crippen molar-refractivity contribution in [3.8, 4) is 23.0 Å². The number of carbonyl (C=O) groups is 4. The number of hydrogen-bond acceptors (Lipinski definition) is 10. The van der Waals surface area contributed by atoms with Gasteiger partial charge in [-0.15, -0.1) is 0 Å².